The second-order valence-electron chi connectivity index (χ2n) is 6.06. The number of amides is 2. The summed E-state index contributed by atoms with van der Waals surface area (Å²) in [7, 11) is 1.49. The van der Waals surface area contributed by atoms with E-state index in [4.69, 9.17) is 14.4 Å². The largest absolute Gasteiger partial charge is 0.465 e. The molecule has 2 aromatic rings. The molecule has 0 saturated carbocycles. The zero-order valence-corrected chi connectivity index (χ0v) is 14.5. The maximum Gasteiger partial charge on any atom is 0.407 e. The summed E-state index contributed by atoms with van der Waals surface area (Å²) in [5, 5.41) is 28.5. The highest BCUT2D eigenvalue weighted by Crippen LogP contribution is 2.21. The molecule has 1 aromatic carbocycles. The van der Waals surface area contributed by atoms with Crippen LogP contribution in [0.3, 0.4) is 0 Å². The number of hydrogen-bond donors (Lipinski definition) is 2. The van der Waals surface area contributed by atoms with Crippen LogP contribution >= 0.6 is 0 Å². The van der Waals surface area contributed by atoms with Gasteiger partial charge in [0.05, 0.1) is 24.3 Å². The highest BCUT2D eigenvalue weighted by atomic mass is 16.5. The Bertz CT molecular complexity index is 890. The molecule has 2 amide bonds. The molecule has 1 saturated heterocycles. The number of aromatic nitrogens is 2. The van der Waals surface area contributed by atoms with Crippen LogP contribution in [0.15, 0.2) is 28.7 Å². The number of nitriles is 1. The van der Waals surface area contributed by atoms with E-state index in [9.17, 15) is 14.7 Å². The van der Waals surface area contributed by atoms with Gasteiger partial charge in [-0.05, 0) is 24.6 Å². The molecular weight excluding hydrogens is 354 g/mol. The number of benzene rings is 1. The maximum atomic E-state index is 12.4. The Balaban J connectivity index is 1.68. The molecule has 2 heterocycles. The average Bonchev–Trinajstić information content (AvgIpc) is 3.29. The van der Waals surface area contributed by atoms with E-state index in [0.717, 1.165) is 0 Å². The van der Waals surface area contributed by atoms with Gasteiger partial charge in [0, 0.05) is 25.3 Å². The number of likely N-dealkylation sites (tertiary alicyclic amines) is 1. The Morgan fingerprint density at radius 2 is 2.30 bits per heavy atom. The van der Waals surface area contributed by atoms with Crippen molar-refractivity contribution < 1.29 is 23.8 Å². The van der Waals surface area contributed by atoms with Crippen molar-refractivity contribution >= 4 is 12.0 Å². The summed E-state index contributed by atoms with van der Waals surface area (Å²) >= 11 is 0. The second-order valence-corrected chi connectivity index (χ2v) is 6.06. The zero-order valence-electron chi connectivity index (χ0n) is 14.5. The van der Waals surface area contributed by atoms with Gasteiger partial charge in [-0.2, -0.15) is 5.26 Å². The summed E-state index contributed by atoms with van der Waals surface area (Å²) in [6, 6.07) is 7.87. The van der Waals surface area contributed by atoms with Crippen LogP contribution in [0.2, 0.25) is 0 Å². The van der Waals surface area contributed by atoms with E-state index >= 15 is 0 Å². The Hall–Kier alpha value is -3.45. The summed E-state index contributed by atoms with van der Waals surface area (Å²) in [6.45, 7) is 0.402. The normalized spacial score (nSPS) is 18.9. The molecule has 0 bridgehead atoms. The minimum absolute atomic E-state index is 0.119. The topological polar surface area (TPSA) is 142 Å². The fraction of sp³-hybridized carbons (Fsp3) is 0.353. The van der Waals surface area contributed by atoms with Crippen LogP contribution in [-0.2, 0) is 4.74 Å². The Morgan fingerprint density at radius 3 is 3.00 bits per heavy atom. The Labute approximate surface area is 154 Å². The summed E-state index contributed by atoms with van der Waals surface area (Å²) in [5.74, 6) is -0.698. The van der Waals surface area contributed by atoms with E-state index in [1.54, 1.807) is 24.3 Å². The van der Waals surface area contributed by atoms with Gasteiger partial charge in [0.25, 0.3) is 0 Å². The van der Waals surface area contributed by atoms with Gasteiger partial charge < -0.3 is 24.5 Å². The SMILES string of the molecule is COC[C@@H]1C[C@@H](NC(=O)c2nnc(-c3cccc(C#N)c3)o2)CN1C(=O)O. The van der Waals surface area contributed by atoms with E-state index in [-0.39, 0.29) is 37.0 Å². The second kappa shape index (κ2) is 7.84. The van der Waals surface area contributed by atoms with Crippen LogP contribution in [0.25, 0.3) is 11.5 Å². The van der Waals surface area contributed by atoms with Crippen molar-refractivity contribution in [2.45, 2.75) is 18.5 Å². The predicted molar refractivity (Wildman–Crippen MR) is 90.7 cm³/mol. The number of carboxylic acid groups (broad SMARTS) is 1. The molecule has 0 spiro atoms. The first-order valence-electron chi connectivity index (χ1n) is 8.15. The third kappa shape index (κ3) is 4.04. The lowest BCUT2D eigenvalue weighted by molar-refractivity contribution is 0.0900. The molecule has 0 aliphatic carbocycles. The molecule has 1 aliphatic heterocycles. The lowest BCUT2D eigenvalue weighted by Crippen LogP contribution is -2.39. The first kappa shape index (κ1) is 18.3. The molecule has 10 nitrogen and oxygen atoms in total. The highest BCUT2D eigenvalue weighted by molar-refractivity contribution is 5.90. The standard InChI is InChI=1S/C17H17N5O5/c1-26-9-13-6-12(8-22(13)17(24)25)19-14(23)16-21-20-15(27-16)11-4-2-3-10(5-11)7-18/h2-5,12-13H,6,8-9H2,1H3,(H,19,23)(H,24,25)/t12-,13+/m1/s1. The van der Waals surface area contributed by atoms with Crippen molar-refractivity contribution in [2.75, 3.05) is 20.3 Å². The number of carbonyl (C=O) groups is 2. The predicted octanol–water partition coefficient (Wildman–Crippen LogP) is 1.11. The average molecular weight is 371 g/mol. The fourth-order valence-corrected chi connectivity index (χ4v) is 3.01. The fourth-order valence-electron chi connectivity index (χ4n) is 3.01. The van der Waals surface area contributed by atoms with Crippen molar-refractivity contribution in [1.82, 2.24) is 20.4 Å². The van der Waals surface area contributed by atoms with Gasteiger partial charge in [-0.15, -0.1) is 10.2 Å². The van der Waals surface area contributed by atoms with Crippen molar-refractivity contribution in [1.29, 1.82) is 5.26 Å². The summed E-state index contributed by atoms with van der Waals surface area (Å²) in [4.78, 5) is 24.9. The van der Waals surface area contributed by atoms with Crippen LogP contribution in [0.4, 0.5) is 4.79 Å². The lowest BCUT2D eigenvalue weighted by atomic mass is 10.1. The number of carbonyl (C=O) groups excluding carboxylic acids is 1. The maximum absolute atomic E-state index is 12.4. The van der Waals surface area contributed by atoms with Crippen LogP contribution in [0.1, 0.15) is 22.7 Å². The van der Waals surface area contributed by atoms with E-state index in [1.165, 1.54) is 12.0 Å². The molecule has 140 valence electrons. The van der Waals surface area contributed by atoms with E-state index in [0.29, 0.717) is 17.5 Å². The molecule has 0 unspecified atom stereocenters. The summed E-state index contributed by atoms with van der Waals surface area (Å²) < 4.78 is 10.4. The van der Waals surface area contributed by atoms with Crippen LogP contribution in [0, 0.1) is 11.3 Å². The minimum Gasteiger partial charge on any atom is -0.465 e. The molecule has 27 heavy (non-hydrogen) atoms. The molecule has 1 fully saturated rings. The molecule has 2 N–H and O–H groups in total. The first-order valence-corrected chi connectivity index (χ1v) is 8.15. The molecule has 10 heteroatoms. The third-order valence-electron chi connectivity index (χ3n) is 4.21. The molecule has 0 radical (unpaired) electrons. The van der Waals surface area contributed by atoms with Gasteiger partial charge in [0.2, 0.25) is 5.89 Å². The van der Waals surface area contributed by atoms with E-state index in [2.05, 4.69) is 15.5 Å². The number of hydrogen-bond acceptors (Lipinski definition) is 7. The number of methoxy groups -OCH3 is 1. The summed E-state index contributed by atoms with van der Waals surface area (Å²) in [5.41, 5.74) is 0.958. The van der Waals surface area contributed by atoms with E-state index < -0.39 is 12.0 Å². The van der Waals surface area contributed by atoms with Crippen LogP contribution in [-0.4, -0.2) is 64.5 Å². The third-order valence-corrected chi connectivity index (χ3v) is 4.21. The quantitative estimate of drug-likeness (QED) is 0.796. The van der Waals surface area contributed by atoms with Gasteiger partial charge >= 0.3 is 17.9 Å². The monoisotopic (exact) mass is 371 g/mol. The molecule has 1 aromatic heterocycles. The number of nitrogens with zero attached hydrogens (tertiary/aromatic N) is 4. The number of ether oxygens (including phenoxy) is 1. The first-order chi connectivity index (χ1) is 13.0. The smallest absolute Gasteiger partial charge is 0.407 e. The van der Waals surface area contributed by atoms with Gasteiger partial charge in [-0.25, -0.2) is 4.79 Å². The molecule has 2 atom stereocenters. The molecular formula is C17H17N5O5. The molecule has 1 aliphatic rings. The zero-order chi connectivity index (χ0) is 19.4. The number of rotatable bonds is 5. The molecule has 3 rings (SSSR count). The van der Waals surface area contributed by atoms with Crippen molar-refractivity contribution in [2.24, 2.45) is 0 Å². The Kier molecular flexibility index (Phi) is 5.33. The van der Waals surface area contributed by atoms with Crippen LogP contribution < -0.4 is 5.32 Å². The highest BCUT2D eigenvalue weighted by Gasteiger charge is 2.36. The van der Waals surface area contributed by atoms with Gasteiger partial charge in [-0.3, -0.25) is 4.79 Å². The lowest BCUT2D eigenvalue weighted by Gasteiger charge is -2.19. The van der Waals surface area contributed by atoms with Gasteiger partial charge in [-0.1, -0.05) is 6.07 Å². The van der Waals surface area contributed by atoms with E-state index in [1.807, 2.05) is 6.07 Å². The minimum atomic E-state index is -1.06. The van der Waals surface area contributed by atoms with Crippen molar-refractivity contribution in [3.05, 3.63) is 35.7 Å². The van der Waals surface area contributed by atoms with Crippen LogP contribution in [0.5, 0.6) is 0 Å². The Morgan fingerprint density at radius 1 is 1.48 bits per heavy atom. The summed E-state index contributed by atoms with van der Waals surface area (Å²) in [6.07, 6.45) is -0.636. The van der Waals surface area contributed by atoms with Gasteiger partial charge in [0.1, 0.15) is 0 Å². The number of nitrogens with one attached hydrogen (secondary N) is 1. The van der Waals surface area contributed by atoms with Crippen molar-refractivity contribution in [3.8, 4) is 17.5 Å². The van der Waals surface area contributed by atoms with Crippen molar-refractivity contribution in [3.63, 3.8) is 0 Å². The van der Waals surface area contributed by atoms with Gasteiger partial charge in [0.15, 0.2) is 0 Å².